The van der Waals surface area contributed by atoms with Crippen molar-refractivity contribution in [1.82, 2.24) is 24.6 Å². The SMILES string of the molecule is c1ccc(-c2cc(-c3ccccc3)cc(-c3ncnc(-c4ccc(-c5ccc6cc(-c7ccccc7)n7nc(-c8ccccc8)c(-c8ccccc8)c7c6c5)cc4)n3)c2)cc1. The maximum Gasteiger partial charge on any atom is 0.163 e. The van der Waals surface area contributed by atoms with Crippen LogP contribution in [0.25, 0.3) is 106 Å². The van der Waals surface area contributed by atoms with Crippen LogP contribution in [0, 0.1) is 0 Å². The van der Waals surface area contributed by atoms with E-state index in [0.29, 0.717) is 11.6 Å². The number of hydrogen-bond donors (Lipinski definition) is 0. The Balaban J connectivity index is 1.01. The van der Waals surface area contributed by atoms with Crippen molar-refractivity contribution in [2.75, 3.05) is 0 Å². The molecule has 3 heterocycles. The number of fused-ring (bicyclic) bond motifs is 3. The van der Waals surface area contributed by atoms with Gasteiger partial charge in [0.2, 0.25) is 0 Å². The average Bonchev–Trinajstić information content (AvgIpc) is 3.76. The molecule has 11 aromatic rings. The molecule has 5 nitrogen and oxygen atoms in total. The van der Waals surface area contributed by atoms with Crippen molar-refractivity contribution in [2.24, 2.45) is 0 Å². The van der Waals surface area contributed by atoms with Gasteiger partial charge in [-0.15, -0.1) is 0 Å². The first kappa shape index (κ1) is 35.8. The summed E-state index contributed by atoms with van der Waals surface area (Å²) in [5, 5.41) is 7.68. The van der Waals surface area contributed by atoms with E-state index in [2.05, 4.69) is 221 Å². The summed E-state index contributed by atoms with van der Waals surface area (Å²) in [6, 6.07) is 76.6. The van der Waals surface area contributed by atoms with E-state index < -0.39 is 0 Å². The number of benzene rings is 8. The highest BCUT2D eigenvalue weighted by Gasteiger charge is 2.22. The molecule has 0 unspecified atom stereocenters. The predicted octanol–water partition coefficient (Wildman–Crippen LogP) is 14.0. The molecule has 0 bridgehead atoms. The van der Waals surface area contributed by atoms with Crippen LogP contribution in [0.3, 0.4) is 0 Å². The van der Waals surface area contributed by atoms with Gasteiger partial charge in [-0.05, 0) is 74.7 Å². The van der Waals surface area contributed by atoms with Gasteiger partial charge in [0.05, 0.1) is 11.2 Å². The van der Waals surface area contributed by atoms with Crippen LogP contribution < -0.4 is 0 Å². The van der Waals surface area contributed by atoms with Gasteiger partial charge in [0.15, 0.2) is 11.6 Å². The zero-order valence-electron chi connectivity index (χ0n) is 33.1. The first-order valence-electron chi connectivity index (χ1n) is 20.5. The molecule has 0 amide bonds. The van der Waals surface area contributed by atoms with Gasteiger partial charge in [-0.25, -0.2) is 19.5 Å². The molecule has 3 aromatic heterocycles. The molecule has 0 atom stereocenters. The van der Waals surface area contributed by atoms with Gasteiger partial charge in [-0.1, -0.05) is 188 Å². The van der Waals surface area contributed by atoms with Crippen LogP contribution in [0.5, 0.6) is 0 Å². The van der Waals surface area contributed by atoms with E-state index >= 15 is 0 Å². The van der Waals surface area contributed by atoms with E-state index in [4.69, 9.17) is 10.1 Å². The van der Waals surface area contributed by atoms with Gasteiger partial charge in [-0.2, -0.15) is 5.10 Å². The first-order valence-corrected chi connectivity index (χ1v) is 20.5. The smallest absolute Gasteiger partial charge is 0.163 e. The van der Waals surface area contributed by atoms with E-state index in [1.807, 2.05) is 12.1 Å². The quantitative estimate of drug-likeness (QED) is 0.154. The standard InChI is InChI=1S/C56H37N5/c1-6-16-38(17-7-1)47-32-48(39-18-8-2-9-19-39)34-49(33-47)56-58-37-57-55(59-56)44-28-26-40(27-29-44)45-30-31-46-36-51(41-20-10-3-11-21-41)61-54(50(46)35-45)52(42-22-12-4-13-23-42)53(60-61)43-24-14-5-15-25-43/h1-37H. The molecule has 11 rings (SSSR count). The third kappa shape index (κ3) is 6.84. The Labute approximate surface area is 354 Å². The van der Waals surface area contributed by atoms with Crippen LogP contribution in [-0.2, 0) is 0 Å². The zero-order valence-corrected chi connectivity index (χ0v) is 33.1. The zero-order chi connectivity index (χ0) is 40.5. The fraction of sp³-hybridized carbons (Fsp3) is 0. The second kappa shape index (κ2) is 15.5. The van der Waals surface area contributed by atoms with E-state index in [1.54, 1.807) is 6.33 Å². The topological polar surface area (TPSA) is 56.0 Å². The van der Waals surface area contributed by atoms with E-state index in [1.165, 1.54) is 0 Å². The van der Waals surface area contributed by atoms with Crippen LogP contribution >= 0.6 is 0 Å². The lowest BCUT2D eigenvalue weighted by atomic mass is 9.95. The summed E-state index contributed by atoms with van der Waals surface area (Å²) in [6.45, 7) is 0. The molecule has 8 aromatic carbocycles. The minimum absolute atomic E-state index is 0.622. The number of nitrogens with zero attached hydrogens (tertiary/aromatic N) is 5. The highest BCUT2D eigenvalue weighted by Crippen LogP contribution is 2.42. The summed E-state index contributed by atoms with van der Waals surface area (Å²) in [5.41, 5.74) is 16.0. The second-order valence-electron chi connectivity index (χ2n) is 15.2. The minimum Gasteiger partial charge on any atom is -0.231 e. The van der Waals surface area contributed by atoms with Gasteiger partial charge < -0.3 is 0 Å². The molecule has 0 aliphatic carbocycles. The minimum atomic E-state index is 0.622. The number of aromatic nitrogens is 5. The Bertz CT molecular complexity index is 3250. The van der Waals surface area contributed by atoms with Gasteiger partial charge in [0.25, 0.3) is 0 Å². The second-order valence-corrected chi connectivity index (χ2v) is 15.2. The third-order valence-electron chi connectivity index (χ3n) is 11.3. The average molecular weight is 780 g/mol. The highest BCUT2D eigenvalue weighted by molar-refractivity contribution is 6.09. The van der Waals surface area contributed by atoms with Gasteiger partial charge in [0, 0.05) is 33.2 Å². The predicted molar refractivity (Wildman–Crippen MR) is 250 cm³/mol. The fourth-order valence-electron chi connectivity index (χ4n) is 8.34. The van der Waals surface area contributed by atoms with Crippen LogP contribution in [-0.4, -0.2) is 24.6 Å². The van der Waals surface area contributed by atoms with E-state index in [9.17, 15) is 0 Å². The number of rotatable bonds is 8. The van der Waals surface area contributed by atoms with Crippen molar-refractivity contribution < 1.29 is 0 Å². The molecule has 0 saturated carbocycles. The molecular weight excluding hydrogens is 743 g/mol. The summed E-state index contributed by atoms with van der Waals surface area (Å²) in [5.74, 6) is 1.25. The number of pyridine rings is 1. The molecule has 0 N–H and O–H groups in total. The highest BCUT2D eigenvalue weighted by atomic mass is 15.2. The Hall–Kier alpha value is -8.28. The van der Waals surface area contributed by atoms with Gasteiger partial charge in [-0.3, -0.25) is 0 Å². The lowest BCUT2D eigenvalue weighted by Crippen LogP contribution is -1.96. The summed E-state index contributed by atoms with van der Waals surface area (Å²) < 4.78 is 2.14. The van der Waals surface area contributed by atoms with E-state index in [0.717, 1.165) is 94.4 Å². The number of hydrogen-bond acceptors (Lipinski definition) is 4. The lowest BCUT2D eigenvalue weighted by Gasteiger charge is -2.12. The Kier molecular flexibility index (Phi) is 9.10. The molecule has 286 valence electrons. The third-order valence-corrected chi connectivity index (χ3v) is 11.3. The fourth-order valence-corrected chi connectivity index (χ4v) is 8.34. The molecule has 0 fully saturated rings. The Morgan fingerprint density at radius 2 is 0.787 bits per heavy atom. The monoisotopic (exact) mass is 779 g/mol. The van der Waals surface area contributed by atoms with Crippen molar-refractivity contribution in [3.8, 4) is 89.8 Å². The lowest BCUT2D eigenvalue weighted by molar-refractivity contribution is 0.979. The summed E-state index contributed by atoms with van der Waals surface area (Å²) in [7, 11) is 0. The molecule has 0 saturated heterocycles. The van der Waals surface area contributed by atoms with Crippen LogP contribution in [0.4, 0.5) is 0 Å². The molecule has 0 spiro atoms. The maximum atomic E-state index is 5.40. The molecule has 0 radical (unpaired) electrons. The van der Waals surface area contributed by atoms with Crippen LogP contribution in [0.2, 0.25) is 0 Å². The Morgan fingerprint density at radius 3 is 1.38 bits per heavy atom. The molecular formula is C56H37N5. The first-order chi connectivity index (χ1) is 30.2. The van der Waals surface area contributed by atoms with Crippen LogP contribution in [0.15, 0.2) is 225 Å². The van der Waals surface area contributed by atoms with Crippen molar-refractivity contribution >= 4 is 16.3 Å². The maximum absolute atomic E-state index is 5.40. The van der Waals surface area contributed by atoms with Crippen molar-refractivity contribution in [3.63, 3.8) is 0 Å². The summed E-state index contributed by atoms with van der Waals surface area (Å²) >= 11 is 0. The van der Waals surface area contributed by atoms with Crippen molar-refractivity contribution in [1.29, 1.82) is 0 Å². The summed E-state index contributed by atoms with van der Waals surface area (Å²) in [4.78, 5) is 14.3. The molecule has 0 aliphatic rings. The van der Waals surface area contributed by atoms with E-state index in [-0.39, 0.29) is 0 Å². The van der Waals surface area contributed by atoms with Gasteiger partial charge >= 0.3 is 0 Å². The Morgan fingerprint density at radius 1 is 0.328 bits per heavy atom. The normalized spacial score (nSPS) is 11.3. The molecule has 5 heteroatoms. The largest absolute Gasteiger partial charge is 0.231 e. The van der Waals surface area contributed by atoms with Gasteiger partial charge in [0.1, 0.15) is 12.0 Å². The molecule has 61 heavy (non-hydrogen) atoms. The van der Waals surface area contributed by atoms with Crippen molar-refractivity contribution in [2.45, 2.75) is 0 Å². The van der Waals surface area contributed by atoms with Crippen LogP contribution in [0.1, 0.15) is 0 Å². The summed E-state index contributed by atoms with van der Waals surface area (Å²) in [6.07, 6.45) is 1.61. The van der Waals surface area contributed by atoms with Crippen molar-refractivity contribution in [3.05, 3.63) is 225 Å². The molecule has 0 aliphatic heterocycles.